The van der Waals surface area contributed by atoms with Crippen molar-refractivity contribution in [2.75, 3.05) is 25.5 Å². The Bertz CT molecular complexity index is 399. The zero-order valence-electron chi connectivity index (χ0n) is 10.7. The molecule has 1 saturated heterocycles. The van der Waals surface area contributed by atoms with Crippen LogP contribution in [0.1, 0.15) is 12.5 Å². The molecule has 1 fully saturated rings. The molecule has 0 aromatic heterocycles. The maximum absolute atomic E-state index is 12.1. The van der Waals surface area contributed by atoms with Crippen LogP contribution in [0.15, 0.2) is 24.3 Å². The molecule has 2 rings (SSSR count). The van der Waals surface area contributed by atoms with Gasteiger partial charge in [-0.2, -0.15) is 0 Å². The summed E-state index contributed by atoms with van der Waals surface area (Å²) in [7, 11) is 2.07. The summed E-state index contributed by atoms with van der Waals surface area (Å²) in [6.07, 6.45) is 0. The predicted octanol–water partition coefficient (Wildman–Crippen LogP) is 2.13. The van der Waals surface area contributed by atoms with Gasteiger partial charge in [0.2, 0.25) is 5.91 Å². The lowest BCUT2D eigenvalue weighted by atomic mass is 9.97. The number of nitrogens with zero attached hydrogens (tertiary/aromatic N) is 1. The van der Waals surface area contributed by atoms with Crippen molar-refractivity contribution >= 4 is 11.6 Å². The Balaban J connectivity index is 1.99. The van der Waals surface area contributed by atoms with Gasteiger partial charge in [-0.3, -0.25) is 4.79 Å². The molecule has 1 aliphatic rings. The van der Waals surface area contributed by atoms with Gasteiger partial charge >= 0.3 is 0 Å². The van der Waals surface area contributed by atoms with Gasteiger partial charge in [0.1, 0.15) is 0 Å². The number of amides is 1. The predicted molar refractivity (Wildman–Crippen MR) is 70.0 cm³/mol. The Hall–Kier alpha value is -1.35. The maximum Gasteiger partial charge on any atom is 0.229 e. The summed E-state index contributed by atoms with van der Waals surface area (Å²) in [4.78, 5) is 14.3. The number of benzene rings is 1. The van der Waals surface area contributed by atoms with Gasteiger partial charge in [0.05, 0.1) is 5.92 Å². The van der Waals surface area contributed by atoms with Crippen LogP contribution in [0.4, 0.5) is 5.69 Å². The Labute approximate surface area is 103 Å². The first-order valence-electron chi connectivity index (χ1n) is 6.12. The molecule has 1 N–H and O–H groups in total. The number of carbonyl (C=O) groups is 1. The minimum absolute atomic E-state index is 0.112. The van der Waals surface area contributed by atoms with Gasteiger partial charge in [-0.25, -0.2) is 0 Å². The molecule has 1 aromatic carbocycles. The lowest BCUT2D eigenvalue weighted by molar-refractivity contribution is -0.120. The van der Waals surface area contributed by atoms with Gasteiger partial charge in [0.15, 0.2) is 0 Å². The monoisotopic (exact) mass is 232 g/mol. The molecule has 2 atom stereocenters. The lowest BCUT2D eigenvalue weighted by Gasteiger charge is -2.14. The first-order valence-corrected chi connectivity index (χ1v) is 6.12. The molecule has 0 spiro atoms. The highest BCUT2D eigenvalue weighted by Gasteiger charge is 2.32. The molecule has 3 heteroatoms. The quantitative estimate of drug-likeness (QED) is 0.847. The van der Waals surface area contributed by atoms with E-state index in [1.807, 2.05) is 31.2 Å². The Kier molecular flexibility index (Phi) is 3.48. The van der Waals surface area contributed by atoms with Crippen LogP contribution in [0.2, 0.25) is 0 Å². The Morgan fingerprint density at radius 1 is 1.29 bits per heavy atom. The zero-order chi connectivity index (χ0) is 12.4. The average molecular weight is 232 g/mol. The van der Waals surface area contributed by atoms with E-state index >= 15 is 0 Å². The first kappa shape index (κ1) is 12.1. The van der Waals surface area contributed by atoms with Crippen LogP contribution in [0.25, 0.3) is 0 Å². The van der Waals surface area contributed by atoms with Gasteiger partial charge in [-0.15, -0.1) is 0 Å². The molecule has 0 bridgehead atoms. The van der Waals surface area contributed by atoms with E-state index in [2.05, 4.69) is 24.2 Å². The highest BCUT2D eigenvalue weighted by atomic mass is 16.2. The second-order valence-electron chi connectivity index (χ2n) is 5.16. The fourth-order valence-electron chi connectivity index (χ4n) is 2.42. The van der Waals surface area contributed by atoms with Crippen molar-refractivity contribution in [1.29, 1.82) is 0 Å². The highest BCUT2D eigenvalue weighted by molar-refractivity contribution is 5.93. The van der Waals surface area contributed by atoms with Crippen LogP contribution < -0.4 is 5.32 Å². The Morgan fingerprint density at radius 2 is 1.94 bits per heavy atom. The second-order valence-corrected chi connectivity index (χ2v) is 5.16. The molecule has 1 amide bonds. The van der Waals surface area contributed by atoms with E-state index < -0.39 is 0 Å². The SMILES string of the molecule is Cc1ccc(NC(=O)C2CN(C)CC2C)cc1. The van der Waals surface area contributed by atoms with E-state index in [0.717, 1.165) is 18.8 Å². The summed E-state index contributed by atoms with van der Waals surface area (Å²) in [5.74, 6) is 0.692. The fourth-order valence-corrected chi connectivity index (χ4v) is 2.42. The van der Waals surface area contributed by atoms with Crippen molar-refractivity contribution in [3.05, 3.63) is 29.8 Å². The van der Waals surface area contributed by atoms with E-state index in [-0.39, 0.29) is 11.8 Å². The molecular weight excluding hydrogens is 212 g/mol. The van der Waals surface area contributed by atoms with E-state index in [4.69, 9.17) is 0 Å². The number of nitrogens with one attached hydrogen (secondary N) is 1. The lowest BCUT2D eigenvalue weighted by Crippen LogP contribution is -2.28. The van der Waals surface area contributed by atoms with Crippen LogP contribution in [-0.2, 0) is 4.79 Å². The molecule has 1 heterocycles. The van der Waals surface area contributed by atoms with E-state index in [0.29, 0.717) is 5.92 Å². The number of hydrogen-bond donors (Lipinski definition) is 1. The van der Waals surface area contributed by atoms with Crippen molar-refractivity contribution in [1.82, 2.24) is 4.90 Å². The molecular formula is C14H20N2O. The minimum atomic E-state index is 0.112. The number of rotatable bonds is 2. The topological polar surface area (TPSA) is 32.3 Å². The van der Waals surface area contributed by atoms with Crippen molar-refractivity contribution in [3.8, 4) is 0 Å². The van der Waals surface area contributed by atoms with Crippen LogP contribution in [0, 0.1) is 18.8 Å². The molecule has 1 aliphatic heterocycles. The van der Waals surface area contributed by atoms with Crippen LogP contribution in [-0.4, -0.2) is 30.9 Å². The number of hydrogen-bond acceptors (Lipinski definition) is 2. The van der Waals surface area contributed by atoms with Crippen molar-refractivity contribution in [3.63, 3.8) is 0 Å². The molecule has 3 nitrogen and oxygen atoms in total. The standard InChI is InChI=1S/C14H20N2O/c1-10-4-6-12(7-5-10)15-14(17)13-9-16(3)8-11(13)2/h4-7,11,13H,8-9H2,1-3H3,(H,15,17). The first-order chi connectivity index (χ1) is 8.06. The second kappa shape index (κ2) is 4.88. The number of likely N-dealkylation sites (tertiary alicyclic amines) is 1. The zero-order valence-corrected chi connectivity index (χ0v) is 10.7. The van der Waals surface area contributed by atoms with Crippen molar-refractivity contribution in [2.45, 2.75) is 13.8 Å². The summed E-state index contributed by atoms with van der Waals surface area (Å²) in [5.41, 5.74) is 2.10. The van der Waals surface area contributed by atoms with Crippen molar-refractivity contribution < 1.29 is 4.79 Å². The van der Waals surface area contributed by atoms with Crippen LogP contribution >= 0.6 is 0 Å². The summed E-state index contributed by atoms with van der Waals surface area (Å²) in [6.45, 7) is 6.05. The smallest absolute Gasteiger partial charge is 0.229 e. The van der Waals surface area contributed by atoms with Crippen LogP contribution in [0.3, 0.4) is 0 Å². The van der Waals surface area contributed by atoms with Crippen LogP contribution in [0.5, 0.6) is 0 Å². The Morgan fingerprint density at radius 3 is 2.47 bits per heavy atom. The third-order valence-corrected chi connectivity index (χ3v) is 3.45. The molecule has 0 saturated carbocycles. The molecule has 1 aromatic rings. The minimum Gasteiger partial charge on any atom is -0.326 e. The normalized spacial score (nSPS) is 24.9. The molecule has 17 heavy (non-hydrogen) atoms. The molecule has 0 aliphatic carbocycles. The maximum atomic E-state index is 12.1. The van der Waals surface area contributed by atoms with E-state index in [1.54, 1.807) is 0 Å². The summed E-state index contributed by atoms with van der Waals surface area (Å²) in [5, 5.41) is 3.00. The van der Waals surface area contributed by atoms with Gasteiger partial charge in [-0.1, -0.05) is 24.6 Å². The van der Waals surface area contributed by atoms with E-state index in [1.165, 1.54) is 5.56 Å². The number of carbonyl (C=O) groups excluding carboxylic acids is 1. The van der Waals surface area contributed by atoms with Gasteiger partial charge in [0, 0.05) is 18.8 Å². The molecule has 2 unspecified atom stereocenters. The number of aryl methyl sites for hydroxylation is 1. The van der Waals surface area contributed by atoms with Crippen molar-refractivity contribution in [2.24, 2.45) is 11.8 Å². The largest absolute Gasteiger partial charge is 0.326 e. The molecule has 0 radical (unpaired) electrons. The third kappa shape index (κ3) is 2.86. The van der Waals surface area contributed by atoms with E-state index in [9.17, 15) is 4.79 Å². The van der Waals surface area contributed by atoms with Gasteiger partial charge < -0.3 is 10.2 Å². The summed E-state index contributed by atoms with van der Waals surface area (Å²) >= 11 is 0. The number of anilines is 1. The average Bonchev–Trinajstić information content (AvgIpc) is 2.61. The third-order valence-electron chi connectivity index (χ3n) is 3.45. The van der Waals surface area contributed by atoms with Gasteiger partial charge in [0.25, 0.3) is 0 Å². The summed E-state index contributed by atoms with van der Waals surface area (Å²) < 4.78 is 0. The van der Waals surface area contributed by atoms with Gasteiger partial charge in [-0.05, 0) is 32.0 Å². The molecule has 92 valence electrons. The highest BCUT2D eigenvalue weighted by Crippen LogP contribution is 2.23. The fraction of sp³-hybridized carbons (Fsp3) is 0.500. The summed E-state index contributed by atoms with van der Waals surface area (Å²) in [6, 6.07) is 7.94.